The third-order valence-electron chi connectivity index (χ3n) is 6.75. The van der Waals surface area contributed by atoms with E-state index < -0.39 is 24.9 Å². The van der Waals surface area contributed by atoms with Gasteiger partial charge in [0, 0.05) is 38.6 Å². The SMILES string of the molecule is Cc1ccc(NC(=O)N2CCO[C@@H](C(F)(F)F)C2)cc1-c1cc(-c2ccnn2C)nc(N2CCOCC2)c1. The number of amides is 2. The highest BCUT2D eigenvalue weighted by molar-refractivity contribution is 5.91. The van der Waals surface area contributed by atoms with E-state index in [1.807, 2.05) is 44.3 Å². The van der Waals surface area contributed by atoms with Gasteiger partial charge in [-0.25, -0.2) is 9.78 Å². The van der Waals surface area contributed by atoms with Crippen molar-refractivity contribution < 1.29 is 27.4 Å². The topological polar surface area (TPSA) is 84.8 Å². The minimum absolute atomic E-state index is 0.0818. The zero-order valence-corrected chi connectivity index (χ0v) is 21.2. The van der Waals surface area contributed by atoms with E-state index in [1.165, 1.54) is 0 Å². The van der Waals surface area contributed by atoms with Crippen LogP contribution in [0, 0.1) is 6.92 Å². The average Bonchev–Trinajstić information content (AvgIpc) is 3.35. The van der Waals surface area contributed by atoms with Crippen LogP contribution in [0.5, 0.6) is 0 Å². The zero-order valence-electron chi connectivity index (χ0n) is 21.2. The molecule has 0 unspecified atom stereocenters. The Hall–Kier alpha value is -3.64. The highest BCUT2D eigenvalue weighted by Gasteiger charge is 2.44. The molecule has 12 heteroatoms. The summed E-state index contributed by atoms with van der Waals surface area (Å²) in [7, 11) is 1.86. The number of benzene rings is 1. The number of ether oxygens (including phenoxy) is 2. The molecule has 9 nitrogen and oxygen atoms in total. The molecule has 2 aliphatic rings. The van der Waals surface area contributed by atoms with Crippen LogP contribution in [0.25, 0.3) is 22.5 Å². The van der Waals surface area contributed by atoms with Crippen molar-refractivity contribution in [3.8, 4) is 22.5 Å². The van der Waals surface area contributed by atoms with Crippen LogP contribution in [0.15, 0.2) is 42.6 Å². The number of hydrogen-bond donors (Lipinski definition) is 1. The number of hydrogen-bond acceptors (Lipinski definition) is 6. The fourth-order valence-corrected chi connectivity index (χ4v) is 4.63. The number of carbonyl (C=O) groups is 1. The Morgan fingerprint density at radius 2 is 1.87 bits per heavy atom. The van der Waals surface area contributed by atoms with E-state index in [-0.39, 0.29) is 13.2 Å². The maximum atomic E-state index is 13.1. The van der Waals surface area contributed by atoms with Crippen LogP contribution < -0.4 is 10.2 Å². The van der Waals surface area contributed by atoms with Crippen LogP contribution in [0.3, 0.4) is 0 Å². The first-order valence-electron chi connectivity index (χ1n) is 12.4. The van der Waals surface area contributed by atoms with Crippen LogP contribution >= 0.6 is 0 Å². The first-order chi connectivity index (χ1) is 18.2. The summed E-state index contributed by atoms with van der Waals surface area (Å²) in [5.41, 5.74) is 4.84. The molecule has 4 heterocycles. The molecule has 0 saturated carbocycles. The second kappa shape index (κ2) is 10.6. The number of halogens is 3. The number of alkyl halides is 3. The summed E-state index contributed by atoms with van der Waals surface area (Å²) in [5, 5.41) is 7.04. The molecule has 2 aliphatic heterocycles. The van der Waals surface area contributed by atoms with Crippen LogP contribution in [0.1, 0.15) is 5.56 Å². The second-order valence-electron chi connectivity index (χ2n) is 9.35. The summed E-state index contributed by atoms with van der Waals surface area (Å²) in [6.07, 6.45) is -4.80. The van der Waals surface area contributed by atoms with Crippen LogP contribution in [0.2, 0.25) is 0 Å². The summed E-state index contributed by atoms with van der Waals surface area (Å²) in [5.74, 6) is 0.808. The third kappa shape index (κ3) is 5.60. The highest BCUT2D eigenvalue weighted by atomic mass is 19.4. The molecule has 202 valence electrons. The zero-order chi connectivity index (χ0) is 26.9. The van der Waals surface area contributed by atoms with Crippen molar-refractivity contribution in [1.29, 1.82) is 0 Å². The van der Waals surface area contributed by atoms with Gasteiger partial charge in [0.25, 0.3) is 0 Å². The van der Waals surface area contributed by atoms with Gasteiger partial charge in [-0.15, -0.1) is 0 Å². The fraction of sp³-hybridized carbons (Fsp3) is 0.423. The lowest BCUT2D eigenvalue weighted by atomic mass is 9.99. The quantitative estimate of drug-likeness (QED) is 0.547. The molecule has 0 aliphatic carbocycles. The van der Waals surface area contributed by atoms with Crippen molar-refractivity contribution in [3.05, 3.63) is 48.2 Å². The summed E-state index contributed by atoms with van der Waals surface area (Å²) < 4.78 is 51.4. The van der Waals surface area contributed by atoms with Crippen molar-refractivity contribution in [2.24, 2.45) is 7.05 Å². The van der Waals surface area contributed by atoms with Gasteiger partial charge in [0.15, 0.2) is 6.10 Å². The maximum Gasteiger partial charge on any atom is 0.416 e. The third-order valence-corrected chi connectivity index (χ3v) is 6.75. The van der Waals surface area contributed by atoms with Crippen molar-refractivity contribution in [2.75, 3.05) is 56.2 Å². The molecule has 1 atom stereocenters. The van der Waals surface area contributed by atoms with Gasteiger partial charge >= 0.3 is 12.2 Å². The van der Waals surface area contributed by atoms with Crippen molar-refractivity contribution in [2.45, 2.75) is 19.2 Å². The van der Waals surface area contributed by atoms with Crippen LogP contribution in [0.4, 0.5) is 29.5 Å². The molecule has 1 N–H and O–H groups in total. The molecule has 2 amide bonds. The molecule has 5 rings (SSSR count). The molecule has 3 aromatic rings. The minimum Gasteiger partial charge on any atom is -0.378 e. The Kier molecular flexibility index (Phi) is 7.26. The molecular weight excluding hydrogens is 501 g/mol. The van der Waals surface area contributed by atoms with Gasteiger partial charge in [0.1, 0.15) is 5.82 Å². The predicted molar refractivity (Wildman–Crippen MR) is 136 cm³/mol. The molecule has 1 aromatic carbocycles. The van der Waals surface area contributed by atoms with Gasteiger partial charge in [-0.3, -0.25) is 4.68 Å². The number of nitrogens with one attached hydrogen (secondary N) is 1. The minimum atomic E-state index is -4.53. The number of aryl methyl sites for hydroxylation is 2. The molecule has 2 saturated heterocycles. The largest absolute Gasteiger partial charge is 0.416 e. The Balaban J connectivity index is 1.45. The lowest BCUT2D eigenvalue weighted by Crippen LogP contribution is -2.52. The van der Waals surface area contributed by atoms with Gasteiger partial charge < -0.3 is 24.6 Å². The molecule has 0 radical (unpaired) electrons. The molecule has 0 bridgehead atoms. The first-order valence-corrected chi connectivity index (χ1v) is 12.4. The smallest absolute Gasteiger partial charge is 0.378 e. The Morgan fingerprint density at radius 3 is 2.58 bits per heavy atom. The van der Waals surface area contributed by atoms with Crippen molar-refractivity contribution in [3.63, 3.8) is 0 Å². The number of rotatable bonds is 4. The number of morpholine rings is 2. The van der Waals surface area contributed by atoms with Crippen molar-refractivity contribution >= 4 is 17.5 Å². The van der Waals surface area contributed by atoms with E-state index in [9.17, 15) is 18.0 Å². The average molecular weight is 531 g/mol. The molecule has 0 spiro atoms. The lowest BCUT2D eigenvalue weighted by Gasteiger charge is -2.33. The standard InChI is InChI=1S/C26H29F3N6O3/c1-17-3-4-19(31-25(36)35-9-12-38-23(16-35)26(27,28)29)15-20(17)18-13-21(22-5-6-30-33(22)2)32-24(14-18)34-7-10-37-11-8-34/h3-6,13-15,23H,7-12,16H2,1-2H3,(H,31,36)/t23-/m1/s1. The Morgan fingerprint density at radius 1 is 1.08 bits per heavy atom. The van der Waals surface area contributed by atoms with Crippen LogP contribution in [-0.2, 0) is 16.5 Å². The van der Waals surface area contributed by atoms with E-state index in [0.29, 0.717) is 18.9 Å². The van der Waals surface area contributed by atoms with E-state index in [4.69, 9.17) is 14.5 Å². The van der Waals surface area contributed by atoms with Gasteiger partial charge in [0.2, 0.25) is 0 Å². The molecule has 2 aromatic heterocycles. The summed E-state index contributed by atoms with van der Waals surface area (Å²) in [6, 6.07) is 10.7. The number of anilines is 2. The number of nitrogens with zero attached hydrogens (tertiary/aromatic N) is 5. The Bertz CT molecular complexity index is 1310. The lowest BCUT2D eigenvalue weighted by molar-refractivity contribution is -0.233. The van der Waals surface area contributed by atoms with E-state index in [2.05, 4.69) is 15.3 Å². The van der Waals surface area contributed by atoms with E-state index in [0.717, 1.165) is 51.9 Å². The van der Waals surface area contributed by atoms with Gasteiger partial charge in [-0.05, 0) is 53.9 Å². The number of aromatic nitrogens is 3. The van der Waals surface area contributed by atoms with Gasteiger partial charge in [-0.2, -0.15) is 18.3 Å². The number of carbonyl (C=O) groups excluding carboxylic acids is 1. The molecule has 38 heavy (non-hydrogen) atoms. The fourth-order valence-electron chi connectivity index (χ4n) is 4.63. The normalized spacial score (nSPS) is 18.5. The number of urea groups is 1. The highest BCUT2D eigenvalue weighted by Crippen LogP contribution is 2.33. The maximum absolute atomic E-state index is 13.1. The second-order valence-corrected chi connectivity index (χ2v) is 9.35. The summed E-state index contributed by atoms with van der Waals surface area (Å²) in [4.78, 5) is 21.0. The van der Waals surface area contributed by atoms with Gasteiger partial charge in [0.05, 0.1) is 37.8 Å². The molecular formula is C26H29F3N6O3. The summed E-state index contributed by atoms with van der Waals surface area (Å²) >= 11 is 0. The van der Waals surface area contributed by atoms with Crippen molar-refractivity contribution in [1.82, 2.24) is 19.7 Å². The van der Waals surface area contributed by atoms with E-state index in [1.54, 1.807) is 16.9 Å². The Labute approximate surface area is 218 Å². The molecule has 2 fully saturated rings. The predicted octanol–water partition coefficient (Wildman–Crippen LogP) is 4.09. The first kappa shape index (κ1) is 26.0. The van der Waals surface area contributed by atoms with Gasteiger partial charge in [-0.1, -0.05) is 6.07 Å². The summed E-state index contributed by atoms with van der Waals surface area (Å²) in [6.45, 7) is 4.00. The monoisotopic (exact) mass is 530 g/mol. The van der Waals surface area contributed by atoms with Crippen LogP contribution in [-0.4, -0.2) is 84.0 Å². The number of pyridine rings is 1. The van der Waals surface area contributed by atoms with E-state index >= 15 is 0 Å².